The molecule has 5 heteroatoms. The first-order valence-corrected chi connectivity index (χ1v) is 8.51. The molecule has 0 aromatic heterocycles. The number of ether oxygens (including phenoxy) is 1. The Hall–Kier alpha value is -1.75. The first-order valence-electron chi connectivity index (χ1n) is 8.51. The molecule has 0 bridgehead atoms. The fourth-order valence-electron chi connectivity index (χ4n) is 3.26. The van der Waals surface area contributed by atoms with Crippen molar-refractivity contribution in [2.75, 3.05) is 26.8 Å². The number of piperidine rings is 1. The number of amides is 2. The van der Waals surface area contributed by atoms with Gasteiger partial charge in [-0.3, -0.25) is 0 Å². The third-order valence-electron chi connectivity index (χ3n) is 5.01. The van der Waals surface area contributed by atoms with Crippen LogP contribution in [0, 0.1) is 11.8 Å². The molecule has 2 fully saturated rings. The van der Waals surface area contributed by atoms with E-state index in [4.69, 9.17) is 4.74 Å². The smallest absolute Gasteiger partial charge is 0.317 e. The zero-order valence-electron chi connectivity index (χ0n) is 13.7. The normalized spacial score (nSPS) is 20.2. The summed E-state index contributed by atoms with van der Waals surface area (Å²) in [7, 11) is 1.66. The molecule has 1 saturated carbocycles. The molecule has 2 N–H and O–H groups in total. The van der Waals surface area contributed by atoms with E-state index in [1.807, 2.05) is 29.2 Å². The van der Waals surface area contributed by atoms with Crippen molar-refractivity contribution in [1.29, 1.82) is 0 Å². The number of benzene rings is 1. The highest BCUT2D eigenvalue weighted by Gasteiger charge is 2.34. The molecular weight excluding hydrogens is 292 g/mol. The molecule has 1 unspecified atom stereocenters. The van der Waals surface area contributed by atoms with Crippen LogP contribution >= 0.6 is 0 Å². The minimum absolute atomic E-state index is 0.0223. The molecule has 5 nitrogen and oxygen atoms in total. The molecule has 3 rings (SSSR count). The van der Waals surface area contributed by atoms with Crippen molar-refractivity contribution in [2.45, 2.75) is 31.7 Å². The summed E-state index contributed by atoms with van der Waals surface area (Å²) in [6.07, 6.45) is 4.12. The number of hydrogen-bond acceptors (Lipinski definition) is 3. The van der Waals surface area contributed by atoms with Crippen LogP contribution in [0.3, 0.4) is 0 Å². The Labute approximate surface area is 137 Å². The number of rotatable bonds is 5. The maximum Gasteiger partial charge on any atom is 0.317 e. The second-order valence-electron chi connectivity index (χ2n) is 6.65. The summed E-state index contributed by atoms with van der Waals surface area (Å²) < 4.78 is 5.21. The van der Waals surface area contributed by atoms with E-state index >= 15 is 0 Å². The van der Waals surface area contributed by atoms with Crippen LogP contribution in [0.4, 0.5) is 4.79 Å². The molecule has 1 aliphatic heterocycles. The summed E-state index contributed by atoms with van der Waals surface area (Å²) in [6, 6.07) is 8.09. The van der Waals surface area contributed by atoms with E-state index in [2.05, 4.69) is 5.32 Å². The monoisotopic (exact) mass is 318 g/mol. The van der Waals surface area contributed by atoms with Crippen LogP contribution in [-0.2, 0) is 0 Å². The summed E-state index contributed by atoms with van der Waals surface area (Å²) in [5.41, 5.74) is 1.15. The van der Waals surface area contributed by atoms with Crippen molar-refractivity contribution in [3.63, 3.8) is 0 Å². The van der Waals surface area contributed by atoms with Gasteiger partial charge in [-0.1, -0.05) is 12.1 Å². The van der Waals surface area contributed by atoms with Crippen molar-refractivity contribution in [1.82, 2.24) is 10.2 Å². The van der Waals surface area contributed by atoms with Crippen LogP contribution in [0.15, 0.2) is 24.3 Å². The van der Waals surface area contributed by atoms with Gasteiger partial charge in [0.2, 0.25) is 0 Å². The molecular formula is C18H26N2O3. The van der Waals surface area contributed by atoms with E-state index < -0.39 is 0 Å². The highest BCUT2D eigenvalue weighted by molar-refractivity contribution is 5.75. The Morgan fingerprint density at radius 3 is 2.43 bits per heavy atom. The molecule has 1 aliphatic carbocycles. The van der Waals surface area contributed by atoms with Gasteiger partial charge in [0.15, 0.2) is 0 Å². The van der Waals surface area contributed by atoms with Gasteiger partial charge in [-0.25, -0.2) is 4.79 Å². The van der Waals surface area contributed by atoms with Gasteiger partial charge in [0, 0.05) is 19.7 Å². The summed E-state index contributed by atoms with van der Waals surface area (Å²) in [5.74, 6) is 1.72. The van der Waals surface area contributed by atoms with Gasteiger partial charge in [0.1, 0.15) is 5.75 Å². The molecule has 1 heterocycles. The Bertz CT molecular complexity index is 520. The lowest BCUT2D eigenvalue weighted by molar-refractivity contribution is 0.135. The highest BCUT2D eigenvalue weighted by Crippen LogP contribution is 2.41. The quantitative estimate of drug-likeness (QED) is 0.877. The van der Waals surface area contributed by atoms with E-state index in [1.165, 1.54) is 12.8 Å². The lowest BCUT2D eigenvalue weighted by atomic mass is 9.98. The van der Waals surface area contributed by atoms with Crippen molar-refractivity contribution in [3.05, 3.63) is 29.8 Å². The lowest BCUT2D eigenvalue weighted by Gasteiger charge is -2.32. The van der Waals surface area contributed by atoms with Crippen molar-refractivity contribution < 1.29 is 14.6 Å². The van der Waals surface area contributed by atoms with Crippen LogP contribution in [0.5, 0.6) is 5.75 Å². The topological polar surface area (TPSA) is 61.8 Å². The standard InChI is InChI=1S/C18H26N2O3/c1-23-16-6-4-15(5-7-16)17(14-2-3-14)19-18(22)20-10-8-13(12-21)9-11-20/h4-7,13-14,17,21H,2-3,8-12H2,1H3,(H,19,22). The maximum absolute atomic E-state index is 12.6. The van der Waals surface area contributed by atoms with Crippen molar-refractivity contribution >= 4 is 6.03 Å². The van der Waals surface area contributed by atoms with E-state index in [1.54, 1.807) is 7.11 Å². The summed E-state index contributed by atoms with van der Waals surface area (Å²) in [5, 5.41) is 12.4. The summed E-state index contributed by atoms with van der Waals surface area (Å²) in [4.78, 5) is 14.4. The van der Waals surface area contributed by atoms with Crippen molar-refractivity contribution in [3.8, 4) is 5.75 Å². The predicted molar refractivity (Wildman–Crippen MR) is 88.4 cm³/mol. The van der Waals surface area contributed by atoms with Gasteiger partial charge < -0.3 is 20.1 Å². The average Bonchev–Trinajstić information content (AvgIpc) is 3.44. The van der Waals surface area contributed by atoms with E-state index in [0.29, 0.717) is 11.8 Å². The maximum atomic E-state index is 12.6. The molecule has 1 aromatic carbocycles. The number of nitrogens with zero attached hydrogens (tertiary/aromatic N) is 1. The van der Waals surface area contributed by atoms with E-state index in [9.17, 15) is 9.90 Å². The van der Waals surface area contributed by atoms with E-state index in [-0.39, 0.29) is 18.7 Å². The second kappa shape index (κ2) is 7.21. The number of aliphatic hydroxyl groups excluding tert-OH is 1. The molecule has 0 radical (unpaired) electrons. The average molecular weight is 318 g/mol. The lowest BCUT2D eigenvalue weighted by Crippen LogP contribution is -2.46. The van der Waals surface area contributed by atoms with Gasteiger partial charge in [-0.2, -0.15) is 0 Å². The minimum Gasteiger partial charge on any atom is -0.497 e. The SMILES string of the molecule is COc1ccc(C(NC(=O)N2CCC(CO)CC2)C2CC2)cc1. The number of methoxy groups -OCH3 is 1. The highest BCUT2D eigenvalue weighted by atomic mass is 16.5. The molecule has 2 amide bonds. The van der Waals surface area contributed by atoms with Crippen LogP contribution in [0.25, 0.3) is 0 Å². The second-order valence-corrected chi connectivity index (χ2v) is 6.65. The zero-order chi connectivity index (χ0) is 16.2. The van der Waals surface area contributed by atoms with Gasteiger partial charge >= 0.3 is 6.03 Å². The molecule has 0 spiro atoms. The minimum atomic E-state index is 0.0223. The Kier molecular flexibility index (Phi) is 5.06. The van der Waals surface area contributed by atoms with Gasteiger partial charge in [-0.15, -0.1) is 0 Å². The van der Waals surface area contributed by atoms with Crippen LogP contribution < -0.4 is 10.1 Å². The molecule has 126 valence electrons. The molecule has 2 aliphatic rings. The summed E-state index contributed by atoms with van der Waals surface area (Å²) in [6.45, 7) is 1.69. The van der Waals surface area contributed by atoms with E-state index in [0.717, 1.165) is 37.2 Å². The number of urea groups is 1. The first kappa shape index (κ1) is 16.1. The number of nitrogens with one attached hydrogen (secondary N) is 1. The third-order valence-corrected chi connectivity index (χ3v) is 5.01. The Morgan fingerprint density at radius 1 is 1.26 bits per heavy atom. The van der Waals surface area contributed by atoms with Crippen LogP contribution in [0.2, 0.25) is 0 Å². The van der Waals surface area contributed by atoms with Crippen LogP contribution in [-0.4, -0.2) is 42.8 Å². The third kappa shape index (κ3) is 3.96. The number of aliphatic hydroxyl groups is 1. The number of hydrogen-bond donors (Lipinski definition) is 2. The number of carbonyl (C=O) groups excluding carboxylic acids is 1. The Morgan fingerprint density at radius 2 is 1.91 bits per heavy atom. The summed E-state index contributed by atoms with van der Waals surface area (Å²) >= 11 is 0. The van der Waals surface area contributed by atoms with Crippen molar-refractivity contribution in [2.24, 2.45) is 11.8 Å². The first-order chi connectivity index (χ1) is 11.2. The van der Waals surface area contributed by atoms with Gasteiger partial charge in [0.05, 0.1) is 13.2 Å². The molecule has 1 atom stereocenters. The van der Waals surface area contributed by atoms with Gasteiger partial charge in [0.25, 0.3) is 0 Å². The fraction of sp³-hybridized carbons (Fsp3) is 0.611. The number of carbonyl (C=O) groups is 1. The molecule has 1 aromatic rings. The Balaban J connectivity index is 1.62. The largest absolute Gasteiger partial charge is 0.497 e. The number of likely N-dealkylation sites (tertiary alicyclic amines) is 1. The predicted octanol–water partition coefficient (Wildman–Crippen LogP) is 2.56. The molecule has 23 heavy (non-hydrogen) atoms. The molecule has 1 saturated heterocycles. The zero-order valence-corrected chi connectivity index (χ0v) is 13.7. The van der Waals surface area contributed by atoms with Crippen LogP contribution in [0.1, 0.15) is 37.3 Å². The fourth-order valence-corrected chi connectivity index (χ4v) is 3.26. The van der Waals surface area contributed by atoms with Gasteiger partial charge in [-0.05, 0) is 55.2 Å².